The highest BCUT2D eigenvalue weighted by Gasteiger charge is 2.15. The molecule has 0 radical (unpaired) electrons. The van der Waals surface area contributed by atoms with E-state index in [1.54, 1.807) is 24.5 Å². The fraction of sp³-hybridized carbons (Fsp3) is 0.231. The van der Waals surface area contributed by atoms with Crippen molar-refractivity contribution in [2.45, 2.75) is 20.0 Å². The van der Waals surface area contributed by atoms with E-state index in [0.717, 1.165) is 12.1 Å². The number of carbonyl (C=O) groups excluding carboxylic acids is 1. The quantitative estimate of drug-likeness (QED) is 0.610. The number of aromatic nitrogens is 5. The summed E-state index contributed by atoms with van der Waals surface area (Å²) in [5.41, 5.74) is 7.42. The number of nitrogens with one attached hydrogen (secondary N) is 2. The normalized spacial score (nSPS) is 10.9. The first-order valence-electron chi connectivity index (χ1n) is 6.57. The van der Waals surface area contributed by atoms with Gasteiger partial charge in [-0.3, -0.25) is 9.89 Å². The number of nitrogens with zero attached hydrogens (tertiary/aromatic N) is 4. The summed E-state index contributed by atoms with van der Waals surface area (Å²) in [5, 5.41) is 18.1. The average Bonchev–Trinajstić information content (AvgIpc) is 3.10. The minimum absolute atomic E-state index is 0.280. The molecule has 0 aliphatic heterocycles. The van der Waals surface area contributed by atoms with Crippen LogP contribution in [0.2, 0.25) is 0 Å². The van der Waals surface area contributed by atoms with E-state index in [2.05, 4.69) is 25.7 Å². The Morgan fingerprint density at radius 3 is 3.14 bits per heavy atom. The van der Waals surface area contributed by atoms with Crippen molar-refractivity contribution >= 4 is 22.5 Å². The maximum atomic E-state index is 12.2. The third-order valence-electron chi connectivity index (χ3n) is 3.25. The lowest BCUT2D eigenvalue weighted by molar-refractivity contribution is 0.0946. The van der Waals surface area contributed by atoms with E-state index in [0.29, 0.717) is 29.1 Å². The van der Waals surface area contributed by atoms with Crippen LogP contribution in [0.4, 0.5) is 5.69 Å². The van der Waals surface area contributed by atoms with Gasteiger partial charge in [0, 0.05) is 17.6 Å². The van der Waals surface area contributed by atoms with Crippen LogP contribution >= 0.6 is 0 Å². The maximum absolute atomic E-state index is 12.2. The second-order valence-corrected chi connectivity index (χ2v) is 4.59. The van der Waals surface area contributed by atoms with Crippen LogP contribution in [0.3, 0.4) is 0 Å². The summed E-state index contributed by atoms with van der Waals surface area (Å²) in [4.78, 5) is 12.2. The van der Waals surface area contributed by atoms with Crippen molar-refractivity contribution in [3.63, 3.8) is 0 Å². The molecule has 1 amide bonds. The summed E-state index contributed by atoms with van der Waals surface area (Å²) in [7, 11) is 0. The molecular weight excluding hydrogens is 270 g/mol. The van der Waals surface area contributed by atoms with E-state index < -0.39 is 0 Å². The third-order valence-corrected chi connectivity index (χ3v) is 3.25. The van der Waals surface area contributed by atoms with Gasteiger partial charge in [0.05, 0.1) is 12.1 Å². The van der Waals surface area contributed by atoms with Gasteiger partial charge >= 0.3 is 0 Å². The molecule has 4 N–H and O–H groups in total. The lowest BCUT2D eigenvalue weighted by Gasteiger charge is -2.04. The molecular formula is C13H15N7O. The molecule has 1 aromatic carbocycles. The van der Waals surface area contributed by atoms with Crippen LogP contribution in [0.15, 0.2) is 24.5 Å². The number of nitrogen functional groups attached to an aromatic ring is 1. The number of rotatable bonds is 4. The molecule has 21 heavy (non-hydrogen) atoms. The molecule has 8 nitrogen and oxygen atoms in total. The second kappa shape index (κ2) is 5.23. The van der Waals surface area contributed by atoms with Gasteiger partial charge < -0.3 is 15.6 Å². The van der Waals surface area contributed by atoms with Gasteiger partial charge in [-0.1, -0.05) is 0 Å². The van der Waals surface area contributed by atoms with Crippen LogP contribution < -0.4 is 11.1 Å². The zero-order valence-corrected chi connectivity index (χ0v) is 11.5. The predicted molar refractivity (Wildman–Crippen MR) is 77.4 cm³/mol. The van der Waals surface area contributed by atoms with Crippen LogP contribution in [-0.2, 0) is 13.1 Å². The summed E-state index contributed by atoms with van der Waals surface area (Å²) in [6.45, 7) is 3.03. The third kappa shape index (κ3) is 2.42. The largest absolute Gasteiger partial charge is 0.399 e. The van der Waals surface area contributed by atoms with Gasteiger partial charge in [0.25, 0.3) is 5.91 Å². The number of nitrogens with two attached hydrogens (primary N) is 1. The number of benzene rings is 1. The Labute approximate surface area is 120 Å². The number of H-pyrrole nitrogens is 1. The molecule has 0 fully saturated rings. The van der Waals surface area contributed by atoms with Crippen molar-refractivity contribution in [1.82, 2.24) is 30.3 Å². The van der Waals surface area contributed by atoms with Gasteiger partial charge in [-0.2, -0.15) is 5.10 Å². The summed E-state index contributed by atoms with van der Waals surface area (Å²) >= 11 is 0. The Kier molecular flexibility index (Phi) is 3.27. The summed E-state index contributed by atoms with van der Waals surface area (Å²) in [6, 6.07) is 5.27. The monoisotopic (exact) mass is 285 g/mol. The summed E-state index contributed by atoms with van der Waals surface area (Å²) < 4.78 is 1.86. The second-order valence-electron chi connectivity index (χ2n) is 4.59. The van der Waals surface area contributed by atoms with Crippen LogP contribution in [0.5, 0.6) is 0 Å². The first-order chi connectivity index (χ1) is 10.2. The standard InChI is InChI=1S/C13H15N7O/c1-2-20-7-16-18-11(20)6-15-13(21)12-9-5-8(14)3-4-10(9)17-19-12/h3-5,7H,2,6,14H2,1H3,(H,15,21)(H,17,19). The number of hydrogen-bond acceptors (Lipinski definition) is 5. The number of anilines is 1. The minimum Gasteiger partial charge on any atom is -0.399 e. The Morgan fingerprint density at radius 2 is 2.33 bits per heavy atom. The Bertz CT molecular complexity index is 789. The van der Waals surface area contributed by atoms with Crippen molar-refractivity contribution in [2.75, 3.05) is 5.73 Å². The Hall–Kier alpha value is -2.90. The van der Waals surface area contributed by atoms with Crippen molar-refractivity contribution in [3.05, 3.63) is 36.0 Å². The molecule has 8 heteroatoms. The van der Waals surface area contributed by atoms with Crippen LogP contribution in [0.1, 0.15) is 23.2 Å². The zero-order valence-electron chi connectivity index (χ0n) is 11.5. The van der Waals surface area contributed by atoms with E-state index >= 15 is 0 Å². The fourth-order valence-corrected chi connectivity index (χ4v) is 2.13. The van der Waals surface area contributed by atoms with Crippen LogP contribution in [0.25, 0.3) is 10.9 Å². The minimum atomic E-state index is -0.280. The van der Waals surface area contributed by atoms with E-state index in [9.17, 15) is 4.79 Å². The highest BCUT2D eigenvalue weighted by Crippen LogP contribution is 2.18. The van der Waals surface area contributed by atoms with Crippen LogP contribution in [0, 0.1) is 0 Å². The molecule has 0 bridgehead atoms. The molecule has 0 aliphatic carbocycles. The van der Waals surface area contributed by atoms with E-state index in [-0.39, 0.29) is 5.91 Å². The van der Waals surface area contributed by atoms with Gasteiger partial charge in [-0.05, 0) is 25.1 Å². The number of carbonyl (C=O) groups is 1. The Balaban J connectivity index is 1.79. The SMILES string of the molecule is CCn1cnnc1CNC(=O)c1n[nH]c2ccc(N)cc12. The smallest absolute Gasteiger partial charge is 0.272 e. The van der Waals surface area contributed by atoms with E-state index in [1.807, 2.05) is 11.5 Å². The lowest BCUT2D eigenvalue weighted by atomic mass is 10.2. The van der Waals surface area contributed by atoms with Crippen molar-refractivity contribution in [3.8, 4) is 0 Å². The van der Waals surface area contributed by atoms with Gasteiger partial charge in [-0.15, -0.1) is 10.2 Å². The molecule has 0 atom stereocenters. The zero-order chi connectivity index (χ0) is 14.8. The molecule has 0 unspecified atom stereocenters. The molecule has 0 spiro atoms. The van der Waals surface area contributed by atoms with Gasteiger partial charge in [0.2, 0.25) is 0 Å². The lowest BCUT2D eigenvalue weighted by Crippen LogP contribution is -2.25. The van der Waals surface area contributed by atoms with Crippen molar-refractivity contribution in [2.24, 2.45) is 0 Å². The molecule has 2 aromatic heterocycles. The van der Waals surface area contributed by atoms with Crippen LogP contribution in [-0.4, -0.2) is 30.9 Å². The first-order valence-corrected chi connectivity index (χ1v) is 6.57. The molecule has 108 valence electrons. The topological polar surface area (TPSA) is 115 Å². The number of aromatic amines is 1. The number of fused-ring (bicyclic) bond motifs is 1. The number of hydrogen-bond donors (Lipinski definition) is 3. The Morgan fingerprint density at radius 1 is 1.48 bits per heavy atom. The molecule has 3 aromatic rings. The van der Waals surface area contributed by atoms with Gasteiger partial charge in [0.1, 0.15) is 6.33 Å². The first kappa shape index (κ1) is 13.1. The van der Waals surface area contributed by atoms with Crippen molar-refractivity contribution in [1.29, 1.82) is 0 Å². The average molecular weight is 285 g/mol. The summed E-state index contributed by atoms with van der Waals surface area (Å²) in [6.07, 6.45) is 1.63. The molecule has 0 saturated carbocycles. The molecule has 0 saturated heterocycles. The van der Waals surface area contributed by atoms with Gasteiger partial charge in [-0.25, -0.2) is 0 Å². The van der Waals surface area contributed by atoms with Crippen molar-refractivity contribution < 1.29 is 4.79 Å². The molecule has 0 aliphatic rings. The predicted octanol–water partition coefficient (Wildman–Crippen LogP) is 0.686. The highest BCUT2D eigenvalue weighted by molar-refractivity contribution is 6.05. The molecule has 3 rings (SSSR count). The van der Waals surface area contributed by atoms with E-state index in [4.69, 9.17) is 5.73 Å². The number of amides is 1. The maximum Gasteiger partial charge on any atom is 0.272 e. The summed E-state index contributed by atoms with van der Waals surface area (Å²) in [5.74, 6) is 0.419. The molecule has 2 heterocycles. The van der Waals surface area contributed by atoms with Gasteiger partial charge in [0.15, 0.2) is 11.5 Å². The number of aryl methyl sites for hydroxylation is 1. The van der Waals surface area contributed by atoms with E-state index in [1.165, 1.54) is 0 Å². The fourth-order valence-electron chi connectivity index (χ4n) is 2.13. The highest BCUT2D eigenvalue weighted by atomic mass is 16.1.